The van der Waals surface area contributed by atoms with Gasteiger partial charge in [-0.2, -0.15) is 13.2 Å². The number of alkyl halides is 3. The summed E-state index contributed by atoms with van der Waals surface area (Å²) in [5.74, 6) is -1.40. The molecule has 2 rings (SSSR count). The molecule has 0 aromatic heterocycles. The second-order valence-electron chi connectivity index (χ2n) is 7.19. The van der Waals surface area contributed by atoms with Gasteiger partial charge in [0.1, 0.15) is 0 Å². The van der Waals surface area contributed by atoms with Gasteiger partial charge in [-0.25, -0.2) is 0 Å². The molecule has 0 bridgehead atoms. The molecule has 1 N–H and O–H groups in total. The molecule has 1 aromatic carbocycles. The molecule has 0 spiro atoms. The van der Waals surface area contributed by atoms with Gasteiger partial charge in [0.05, 0.1) is 11.5 Å². The van der Waals surface area contributed by atoms with Crippen molar-refractivity contribution >= 4 is 0 Å². The summed E-state index contributed by atoms with van der Waals surface area (Å²) in [6.07, 6.45) is -3.53. The van der Waals surface area contributed by atoms with Crippen LogP contribution in [-0.4, -0.2) is 11.3 Å². The van der Waals surface area contributed by atoms with E-state index in [1.807, 2.05) is 12.1 Å². The number of aliphatic hydroxyl groups is 1. The van der Waals surface area contributed by atoms with Crippen molar-refractivity contribution in [3.63, 3.8) is 0 Å². The van der Waals surface area contributed by atoms with Gasteiger partial charge in [0.25, 0.3) is 0 Å². The molecule has 1 aliphatic rings. The van der Waals surface area contributed by atoms with Gasteiger partial charge in [-0.05, 0) is 42.2 Å². The maximum Gasteiger partial charge on any atom is 0.391 e. The van der Waals surface area contributed by atoms with Crippen molar-refractivity contribution in [2.24, 2.45) is 5.92 Å². The first-order valence-electron chi connectivity index (χ1n) is 7.42. The summed E-state index contributed by atoms with van der Waals surface area (Å²) in [7, 11) is 0. The third-order valence-corrected chi connectivity index (χ3v) is 4.48. The predicted molar refractivity (Wildman–Crippen MR) is 77.1 cm³/mol. The molecule has 0 heterocycles. The Labute approximate surface area is 124 Å². The second-order valence-corrected chi connectivity index (χ2v) is 7.19. The molecule has 1 saturated carbocycles. The Morgan fingerprint density at radius 2 is 1.67 bits per heavy atom. The van der Waals surface area contributed by atoms with E-state index in [-0.39, 0.29) is 18.3 Å². The van der Waals surface area contributed by atoms with Crippen LogP contribution in [0.3, 0.4) is 0 Å². The van der Waals surface area contributed by atoms with E-state index in [4.69, 9.17) is 0 Å². The van der Waals surface area contributed by atoms with Gasteiger partial charge in [0.15, 0.2) is 0 Å². The van der Waals surface area contributed by atoms with E-state index < -0.39 is 17.7 Å². The summed E-state index contributed by atoms with van der Waals surface area (Å²) < 4.78 is 38.7. The largest absolute Gasteiger partial charge is 0.391 e. The third kappa shape index (κ3) is 3.60. The van der Waals surface area contributed by atoms with Crippen LogP contribution < -0.4 is 0 Å². The van der Waals surface area contributed by atoms with Crippen LogP contribution in [0.1, 0.15) is 57.6 Å². The Kier molecular flexibility index (Phi) is 4.13. The average molecular weight is 300 g/mol. The maximum absolute atomic E-state index is 12.9. The van der Waals surface area contributed by atoms with E-state index in [0.717, 1.165) is 5.56 Å². The lowest BCUT2D eigenvalue weighted by Gasteiger charge is -2.38. The lowest BCUT2D eigenvalue weighted by Crippen LogP contribution is -2.38. The Hall–Kier alpha value is -1.03. The fourth-order valence-corrected chi connectivity index (χ4v) is 3.07. The van der Waals surface area contributed by atoms with E-state index >= 15 is 0 Å². The highest BCUT2D eigenvalue weighted by atomic mass is 19.4. The molecule has 21 heavy (non-hydrogen) atoms. The molecule has 118 valence electrons. The van der Waals surface area contributed by atoms with E-state index in [1.165, 1.54) is 0 Å². The van der Waals surface area contributed by atoms with Crippen molar-refractivity contribution in [1.82, 2.24) is 0 Å². The van der Waals surface area contributed by atoms with Crippen LogP contribution in [0.5, 0.6) is 0 Å². The summed E-state index contributed by atoms with van der Waals surface area (Å²) in [5, 5.41) is 10.7. The molecule has 0 radical (unpaired) electrons. The number of halogens is 3. The van der Waals surface area contributed by atoms with Crippen molar-refractivity contribution in [3.05, 3.63) is 35.4 Å². The smallest absolute Gasteiger partial charge is 0.385 e. The van der Waals surface area contributed by atoms with Crippen LogP contribution in [0.25, 0.3) is 0 Å². The highest BCUT2D eigenvalue weighted by molar-refractivity contribution is 5.31. The summed E-state index contributed by atoms with van der Waals surface area (Å²) in [6, 6.07) is 7.37. The highest BCUT2D eigenvalue weighted by Gasteiger charge is 2.47. The van der Waals surface area contributed by atoms with E-state index in [1.54, 1.807) is 12.1 Å². The first-order valence-corrected chi connectivity index (χ1v) is 7.42. The van der Waals surface area contributed by atoms with Crippen molar-refractivity contribution in [1.29, 1.82) is 0 Å². The summed E-state index contributed by atoms with van der Waals surface area (Å²) in [4.78, 5) is 0. The second kappa shape index (κ2) is 5.31. The Bertz CT molecular complexity index is 484. The maximum atomic E-state index is 12.9. The molecule has 1 fully saturated rings. The molecule has 1 aromatic rings. The number of hydrogen-bond donors (Lipinski definition) is 1. The third-order valence-electron chi connectivity index (χ3n) is 4.48. The topological polar surface area (TPSA) is 20.2 Å². The van der Waals surface area contributed by atoms with Crippen LogP contribution in [0.4, 0.5) is 13.2 Å². The normalized spacial score (nSPS) is 27.7. The Morgan fingerprint density at radius 1 is 1.10 bits per heavy atom. The number of rotatable bonds is 1. The van der Waals surface area contributed by atoms with E-state index in [2.05, 4.69) is 20.8 Å². The first-order chi connectivity index (χ1) is 9.52. The van der Waals surface area contributed by atoms with E-state index in [0.29, 0.717) is 18.4 Å². The number of benzene rings is 1. The van der Waals surface area contributed by atoms with Gasteiger partial charge in [-0.3, -0.25) is 0 Å². The minimum atomic E-state index is -4.22. The fourth-order valence-electron chi connectivity index (χ4n) is 3.07. The Morgan fingerprint density at radius 3 is 2.14 bits per heavy atom. The quantitative estimate of drug-likeness (QED) is 0.780. The van der Waals surface area contributed by atoms with Gasteiger partial charge in [-0.1, -0.05) is 45.0 Å². The van der Waals surface area contributed by atoms with Crippen molar-refractivity contribution in [2.45, 2.75) is 63.6 Å². The minimum absolute atomic E-state index is 0.0117. The molecule has 1 aliphatic carbocycles. The summed E-state index contributed by atoms with van der Waals surface area (Å²) in [6.45, 7) is 6.24. The van der Waals surface area contributed by atoms with Crippen LogP contribution in [-0.2, 0) is 11.0 Å². The van der Waals surface area contributed by atoms with Crippen molar-refractivity contribution < 1.29 is 18.3 Å². The standard InChI is InChI=1S/C17H23F3O/c1-15(2,3)12-6-8-13(9-7-12)16(21)10-4-5-14(11-16)17(18,19)20/h6-9,14,21H,4-5,10-11H2,1-3H3. The molecule has 2 unspecified atom stereocenters. The summed E-state index contributed by atoms with van der Waals surface area (Å²) in [5.41, 5.74) is 0.347. The highest BCUT2D eigenvalue weighted by Crippen LogP contribution is 2.46. The fraction of sp³-hybridized carbons (Fsp3) is 0.647. The molecule has 1 nitrogen and oxygen atoms in total. The SMILES string of the molecule is CC(C)(C)c1ccc(C2(O)CCCC(C(F)(F)F)C2)cc1. The predicted octanol–water partition coefficient (Wildman–Crippen LogP) is 4.92. The molecular weight excluding hydrogens is 277 g/mol. The zero-order chi connectivity index (χ0) is 15.9. The van der Waals surface area contributed by atoms with E-state index in [9.17, 15) is 18.3 Å². The first kappa shape index (κ1) is 16.3. The van der Waals surface area contributed by atoms with Crippen LogP contribution in [0.15, 0.2) is 24.3 Å². The lowest BCUT2D eigenvalue weighted by molar-refractivity contribution is -0.201. The molecule has 0 amide bonds. The Balaban J connectivity index is 2.23. The molecule has 0 saturated heterocycles. The average Bonchev–Trinajstić information content (AvgIpc) is 2.37. The van der Waals surface area contributed by atoms with Gasteiger partial charge < -0.3 is 5.11 Å². The van der Waals surface area contributed by atoms with Crippen molar-refractivity contribution in [2.75, 3.05) is 0 Å². The van der Waals surface area contributed by atoms with Crippen LogP contribution >= 0.6 is 0 Å². The van der Waals surface area contributed by atoms with Gasteiger partial charge in [-0.15, -0.1) is 0 Å². The van der Waals surface area contributed by atoms with Gasteiger partial charge in [0, 0.05) is 0 Å². The number of hydrogen-bond acceptors (Lipinski definition) is 1. The van der Waals surface area contributed by atoms with Gasteiger partial charge in [0.2, 0.25) is 0 Å². The molecule has 0 aliphatic heterocycles. The molecule has 4 heteroatoms. The van der Waals surface area contributed by atoms with Crippen LogP contribution in [0.2, 0.25) is 0 Å². The monoisotopic (exact) mass is 300 g/mol. The minimum Gasteiger partial charge on any atom is -0.385 e. The molecular formula is C17H23F3O. The zero-order valence-corrected chi connectivity index (χ0v) is 12.8. The van der Waals surface area contributed by atoms with Crippen LogP contribution in [0, 0.1) is 5.92 Å². The van der Waals surface area contributed by atoms with Crippen molar-refractivity contribution in [3.8, 4) is 0 Å². The zero-order valence-electron chi connectivity index (χ0n) is 12.8. The summed E-state index contributed by atoms with van der Waals surface area (Å²) >= 11 is 0. The molecule has 2 atom stereocenters. The van der Waals surface area contributed by atoms with Gasteiger partial charge >= 0.3 is 6.18 Å². The lowest BCUT2D eigenvalue weighted by atomic mass is 9.73.